The Balaban J connectivity index is 2.51. The summed E-state index contributed by atoms with van der Waals surface area (Å²) < 4.78 is 10.4. The summed E-state index contributed by atoms with van der Waals surface area (Å²) in [6.07, 6.45) is 0.130. The highest BCUT2D eigenvalue weighted by Gasteiger charge is 2.32. The predicted molar refractivity (Wildman–Crippen MR) is 64.5 cm³/mol. The van der Waals surface area contributed by atoms with Crippen LogP contribution in [0.4, 0.5) is 0 Å². The van der Waals surface area contributed by atoms with Crippen molar-refractivity contribution in [2.75, 3.05) is 13.7 Å². The molecule has 0 aliphatic rings. The van der Waals surface area contributed by atoms with Crippen LogP contribution in [0.15, 0.2) is 24.3 Å². The van der Waals surface area contributed by atoms with Crippen LogP contribution in [0, 0.1) is 16.7 Å². The third kappa shape index (κ3) is 3.39. The summed E-state index contributed by atoms with van der Waals surface area (Å²) in [5.74, 6) is 0.194. The summed E-state index contributed by atoms with van der Waals surface area (Å²) >= 11 is 0. The third-order valence-corrected chi connectivity index (χ3v) is 2.65. The first-order valence-corrected chi connectivity index (χ1v) is 5.43. The first-order valence-electron chi connectivity index (χ1n) is 5.43. The van der Waals surface area contributed by atoms with Gasteiger partial charge in [0, 0.05) is 6.42 Å². The molecular weight excluding hydrogens is 234 g/mol. The van der Waals surface area contributed by atoms with Crippen molar-refractivity contribution < 1.29 is 19.4 Å². The van der Waals surface area contributed by atoms with Gasteiger partial charge in [0.2, 0.25) is 0 Å². The van der Waals surface area contributed by atoms with Gasteiger partial charge in [-0.2, -0.15) is 5.26 Å². The molecule has 0 saturated carbocycles. The van der Waals surface area contributed by atoms with E-state index in [0.29, 0.717) is 5.75 Å². The fraction of sp³-hybridized carbons (Fsp3) is 0.385. The van der Waals surface area contributed by atoms with E-state index in [1.165, 1.54) is 6.92 Å². The Morgan fingerprint density at radius 1 is 1.39 bits per heavy atom. The fourth-order valence-corrected chi connectivity index (χ4v) is 1.26. The molecule has 0 aromatic heterocycles. The van der Waals surface area contributed by atoms with Crippen molar-refractivity contribution in [2.45, 2.75) is 13.3 Å². The molecule has 1 N–H and O–H groups in total. The van der Waals surface area contributed by atoms with Crippen LogP contribution in [-0.2, 0) is 4.79 Å². The van der Waals surface area contributed by atoms with Crippen LogP contribution in [-0.4, -0.2) is 24.8 Å². The number of nitrogens with zero attached hydrogens (tertiary/aromatic N) is 1. The molecule has 96 valence electrons. The number of hydrogen-bond acceptors (Lipinski definition) is 4. The first kappa shape index (κ1) is 13.8. The topological polar surface area (TPSA) is 79.5 Å². The molecule has 0 aliphatic heterocycles. The van der Waals surface area contributed by atoms with Gasteiger partial charge >= 0.3 is 5.97 Å². The molecule has 1 aromatic carbocycles. The average Bonchev–Trinajstić information content (AvgIpc) is 2.39. The molecule has 1 aromatic rings. The van der Waals surface area contributed by atoms with Gasteiger partial charge in [0.15, 0.2) is 5.41 Å². The van der Waals surface area contributed by atoms with Crippen molar-refractivity contribution in [3.63, 3.8) is 0 Å². The number of aliphatic carboxylic acids is 1. The van der Waals surface area contributed by atoms with Crippen LogP contribution < -0.4 is 9.47 Å². The maximum atomic E-state index is 10.9. The normalized spacial score (nSPS) is 13.2. The third-order valence-electron chi connectivity index (χ3n) is 2.65. The minimum atomic E-state index is -1.41. The lowest BCUT2D eigenvalue weighted by molar-refractivity contribution is -0.145. The summed E-state index contributed by atoms with van der Waals surface area (Å²) in [5.41, 5.74) is -1.41. The largest absolute Gasteiger partial charge is 0.497 e. The number of carbonyl (C=O) groups is 1. The Bertz CT molecular complexity index is 449. The second-order valence-electron chi connectivity index (χ2n) is 4.02. The Labute approximate surface area is 106 Å². The van der Waals surface area contributed by atoms with Crippen molar-refractivity contribution in [1.29, 1.82) is 5.26 Å². The molecule has 18 heavy (non-hydrogen) atoms. The monoisotopic (exact) mass is 249 g/mol. The summed E-state index contributed by atoms with van der Waals surface area (Å²) in [6, 6.07) is 8.73. The number of hydrogen-bond donors (Lipinski definition) is 1. The second kappa shape index (κ2) is 5.92. The smallest absolute Gasteiger partial charge is 0.323 e. The lowest BCUT2D eigenvalue weighted by Crippen LogP contribution is -2.27. The first-order chi connectivity index (χ1) is 8.51. The van der Waals surface area contributed by atoms with Gasteiger partial charge in [0.1, 0.15) is 11.5 Å². The van der Waals surface area contributed by atoms with Crippen molar-refractivity contribution in [3.05, 3.63) is 24.3 Å². The second-order valence-corrected chi connectivity index (χ2v) is 4.02. The Hall–Kier alpha value is -2.22. The molecule has 1 rings (SSSR count). The van der Waals surface area contributed by atoms with E-state index in [2.05, 4.69) is 0 Å². The number of nitriles is 1. The van der Waals surface area contributed by atoms with Crippen molar-refractivity contribution in [1.82, 2.24) is 0 Å². The zero-order valence-corrected chi connectivity index (χ0v) is 10.3. The number of rotatable bonds is 6. The average molecular weight is 249 g/mol. The van der Waals surface area contributed by atoms with Crippen LogP contribution in [0.5, 0.6) is 11.5 Å². The molecule has 1 atom stereocenters. The molecular formula is C13H15NO4. The van der Waals surface area contributed by atoms with Crippen LogP contribution in [0.2, 0.25) is 0 Å². The lowest BCUT2D eigenvalue weighted by atomic mass is 9.89. The molecule has 1 unspecified atom stereocenters. The Morgan fingerprint density at radius 3 is 2.39 bits per heavy atom. The zero-order valence-electron chi connectivity index (χ0n) is 10.3. The number of carboxylic acid groups (broad SMARTS) is 1. The highest BCUT2D eigenvalue weighted by atomic mass is 16.5. The van der Waals surface area contributed by atoms with Crippen molar-refractivity contribution in [2.24, 2.45) is 5.41 Å². The lowest BCUT2D eigenvalue weighted by Gasteiger charge is -2.16. The summed E-state index contributed by atoms with van der Waals surface area (Å²) in [7, 11) is 1.57. The summed E-state index contributed by atoms with van der Waals surface area (Å²) in [5, 5.41) is 17.7. The Morgan fingerprint density at radius 2 is 1.94 bits per heavy atom. The van der Waals surface area contributed by atoms with Crippen LogP contribution in [0.1, 0.15) is 13.3 Å². The van der Waals surface area contributed by atoms with Gasteiger partial charge in [0.25, 0.3) is 0 Å². The van der Waals surface area contributed by atoms with E-state index in [1.54, 1.807) is 37.4 Å². The van der Waals surface area contributed by atoms with Crippen molar-refractivity contribution >= 4 is 5.97 Å². The molecule has 0 radical (unpaired) electrons. The minimum absolute atomic E-state index is 0.130. The van der Waals surface area contributed by atoms with Gasteiger partial charge in [-0.3, -0.25) is 4.79 Å². The zero-order chi connectivity index (χ0) is 13.6. The van der Waals surface area contributed by atoms with Gasteiger partial charge in [-0.05, 0) is 31.2 Å². The Kier molecular flexibility index (Phi) is 4.55. The van der Waals surface area contributed by atoms with E-state index in [-0.39, 0.29) is 13.0 Å². The molecule has 0 fully saturated rings. The summed E-state index contributed by atoms with van der Waals surface area (Å²) in [4.78, 5) is 10.9. The van der Waals surface area contributed by atoms with Crippen LogP contribution in [0.3, 0.4) is 0 Å². The van der Waals surface area contributed by atoms with Gasteiger partial charge < -0.3 is 14.6 Å². The standard InChI is InChI=1S/C13H15NO4/c1-13(9-14,12(15)16)7-8-18-11-5-3-10(17-2)4-6-11/h3-6H,7-8H2,1-2H3,(H,15,16). The van der Waals surface area contributed by atoms with Gasteiger partial charge in [0.05, 0.1) is 19.8 Å². The van der Waals surface area contributed by atoms with Gasteiger partial charge in [-0.15, -0.1) is 0 Å². The minimum Gasteiger partial charge on any atom is -0.497 e. The molecule has 0 bridgehead atoms. The van der Waals surface area contributed by atoms with E-state index >= 15 is 0 Å². The quantitative estimate of drug-likeness (QED) is 0.834. The SMILES string of the molecule is COc1ccc(OCCC(C)(C#N)C(=O)O)cc1. The van der Waals surface area contributed by atoms with Gasteiger partial charge in [-0.25, -0.2) is 0 Å². The maximum absolute atomic E-state index is 10.9. The van der Waals surface area contributed by atoms with E-state index in [1.807, 2.05) is 0 Å². The predicted octanol–water partition coefficient (Wildman–Crippen LogP) is 2.08. The molecule has 5 nitrogen and oxygen atoms in total. The van der Waals surface area contributed by atoms with E-state index < -0.39 is 11.4 Å². The molecule has 0 saturated heterocycles. The highest BCUT2D eigenvalue weighted by molar-refractivity contribution is 5.77. The summed E-state index contributed by atoms with van der Waals surface area (Å²) in [6.45, 7) is 1.55. The molecule has 0 amide bonds. The number of ether oxygens (including phenoxy) is 2. The maximum Gasteiger partial charge on any atom is 0.323 e. The molecule has 0 heterocycles. The number of carboxylic acids is 1. The van der Waals surface area contributed by atoms with E-state index in [0.717, 1.165) is 5.75 Å². The van der Waals surface area contributed by atoms with Gasteiger partial charge in [-0.1, -0.05) is 0 Å². The number of methoxy groups -OCH3 is 1. The molecule has 0 spiro atoms. The van der Waals surface area contributed by atoms with E-state index in [9.17, 15) is 4.79 Å². The fourth-order valence-electron chi connectivity index (χ4n) is 1.26. The highest BCUT2D eigenvalue weighted by Crippen LogP contribution is 2.22. The van der Waals surface area contributed by atoms with Crippen LogP contribution >= 0.6 is 0 Å². The van der Waals surface area contributed by atoms with E-state index in [4.69, 9.17) is 19.8 Å². The van der Waals surface area contributed by atoms with Crippen molar-refractivity contribution in [3.8, 4) is 17.6 Å². The van der Waals surface area contributed by atoms with Crippen LogP contribution in [0.25, 0.3) is 0 Å². The number of benzene rings is 1. The molecule has 0 aliphatic carbocycles. The molecule has 5 heteroatoms.